The van der Waals surface area contributed by atoms with Gasteiger partial charge in [-0.1, -0.05) is 45.4 Å². The Bertz CT molecular complexity index is 1030. The SMILES string of the molecule is C=C/C(=C\N=C(\c1ccc(C#N)cc1O/C(C)=C/C(C)=N\C(C)=C(C)C)C(C)CC)CCC. The number of rotatable bonds is 11. The van der Waals surface area contributed by atoms with Crippen molar-refractivity contribution in [3.8, 4) is 11.8 Å². The van der Waals surface area contributed by atoms with Crippen LogP contribution in [-0.2, 0) is 0 Å². The van der Waals surface area contributed by atoms with Gasteiger partial charge in [0.15, 0.2) is 0 Å². The molecule has 0 aliphatic rings. The van der Waals surface area contributed by atoms with E-state index in [1.807, 2.05) is 65.1 Å². The maximum Gasteiger partial charge on any atom is 0.137 e. The zero-order valence-corrected chi connectivity index (χ0v) is 21.6. The van der Waals surface area contributed by atoms with Crippen molar-refractivity contribution < 1.29 is 4.74 Å². The average molecular weight is 446 g/mol. The number of nitrogens with zero attached hydrogens (tertiary/aromatic N) is 3. The molecule has 4 nitrogen and oxygen atoms in total. The van der Waals surface area contributed by atoms with Crippen LogP contribution >= 0.6 is 0 Å². The number of hydrogen-bond acceptors (Lipinski definition) is 4. The Morgan fingerprint density at radius 1 is 1.18 bits per heavy atom. The summed E-state index contributed by atoms with van der Waals surface area (Å²) in [6.07, 6.45) is 8.58. The third-order valence-electron chi connectivity index (χ3n) is 5.39. The molecular weight excluding hydrogens is 406 g/mol. The van der Waals surface area contributed by atoms with Gasteiger partial charge < -0.3 is 4.74 Å². The molecule has 0 fully saturated rings. The fourth-order valence-corrected chi connectivity index (χ4v) is 3.11. The summed E-state index contributed by atoms with van der Waals surface area (Å²) >= 11 is 0. The summed E-state index contributed by atoms with van der Waals surface area (Å²) in [6.45, 7) is 20.3. The molecule has 0 aliphatic heterocycles. The zero-order valence-electron chi connectivity index (χ0n) is 21.6. The summed E-state index contributed by atoms with van der Waals surface area (Å²) in [5.41, 5.74) is 6.50. The minimum atomic E-state index is 0.220. The van der Waals surface area contributed by atoms with Crippen LogP contribution in [0.4, 0.5) is 0 Å². The van der Waals surface area contributed by atoms with E-state index in [1.165, 1.54) is 5.57 Å². The molecule has 0 aromatic heterocycles. The van der Waals surface area contributed by atoms with Gasteiger partial charge in [0.2, 0.25) is 0 Å². The lowest BCUT2D eigenvalue weighted by Gasteiger charge is -2.18. The van der Waals surface area contributed by atoms with E-state index >= 15 is 0 Å². The van der Waals surface area contributed by atoms with Crippen molar-refractivity contribution in [2.45, 2.75) is 74.7 Å². The van der Waals surface area contributed by atoms with Crippen LogP contribution in [0.1, 0.15) is 85.8 Å². The van der Waals surface area contributed by atoms with E-state index in [4.69, 9.17) is 9.73 Å². The highest BCUT2D eigenvalue weighted by Gasteiger charge is 2.17. The second-order valence-corrected chi connectivity index (χ2v) is 8.50. The van der Waals surface area contributed by atoms with Gasteiger partial charge in [-0.2, -0.15) is 5.26 Å². The molecule has 0 heterocycles. The Labute approximate surface area is 200 Å². The average Bonchev–Trinajstić information content (AvgIpc) is 2.78. The Balaban J connectivity index is 3.53. The van der Waals surface area contributed by atoms with Crippen LogP contribution < -0.4 is 4.74 Å². The van der Waals surface area contributed by atoms with Gasteiger partial charge in [-0.25, -0.2) is 0 Å². The van der Waals surface area contributed by atoms with Crippen LogP contribution in [0.5, 0.6) is 5.75 Å². The Morgan fingerprint density at radius 2 is 1.88 bits per heavy atom. The molecule has 0 N–H and O–H groups in total. The van der Waals surface area contributed by atoms with Crippen molar-refractivity contribution in [2.75, 3.05) is 0 Å². The first-order chi connectivity index (χ1) is 15.7. The first-order valence-corrected chi connectivity index (χ1v) is 11.7. The van der Waals surface area contributed by atoms with Crippen molar-refractivity contribution >= 4 is 11.4 Å². The molecule has 1 aromatic rings. The van der Waals surface area contributed by atoms with E-state index < -0.39 is 0 Å². The highest BCUT2D eigenvalue weighted by Crippen LogP contribution is 2.27. The van der Waals surface area contributed by atoms with E-state index in [2.05, 4.69) is 38.4 Å². The van der Waals surface area contributed by atoms with Crippen molar-refractivity contribution in [3.63, 3.8) is 0 Å². The molecule has 0 aliphatic carbocycles. The molecule has 0 saturated carbocycles. The van der Waals surface area contributed by atoms with Gasteiger partial charge in [0.1, 0.15) is 11.5 Å². The molecule has 0 amide bonds. The normalized spacial score (nSPS) is 13.9. The van der Waals surface area contributed by atoms with Gasteiger partial charge in [-0.3, -0.25) is 9.98 Å². The van der Waals surface area contributed by atoms with Gasteiger partial charge in [0.25, 0.3) is 0 Å². The molecule has 33 heavy (non-hydrogen) atoms. The van der Waals surface area contributed by atoms with E-state index in [0.717, 1.165) is 47.5 Å². The Morgan fingerprint density at radius 3 is 2.42 bits per heavy atom. The third kappa shape index (κ3) is 9.06. The molecule has 0 radical (unpaired) electrons. The summed E-state index contributed by atoms with van der Waals surface area (Å²) < 4.78 is 6.25. The van der Waals surface area contributed by atoms with Crippen LogP contribution in [0.25, 0.3) is 0 Å². The van der Waals surface area contributed by atoms with Crippen LogP contribution in [0, 0.1) is 17.2 Å². The second kappa shape index (κ2) is 14.1. The van der Waals surface area contributed by atoms with Crippen LogP contribution in [0.15, 0.2) is 75.7 Å². The summed E-state index contributed by atoms with van der Waals surface area (Å²) in [7, 11) is 0. The molecule has 0 spiro atoms. The minimum Gasteiger partial charge on any atom is -0.461 e. The molecule has 176 valence electrons. The van der Waals surface area contributed by atoms with Crippen molar-refractivity contribution in [3.05, 3.63) is 76.9 Å². The van der Waals surface area contributed by atoms with Gasteiger partial charge in [-0.05, 0) is 83.2 Å². The number of aliphatic imine (C=N–C) groups is 2. The van der Waals surface area contributed by atoms with Crippen LogP contribution in [0.2, 0.25) is 0 Å². The number of benzene rings is 1. The maximum atomic E-state index is 9.45. The van der Waals surface area contributed by atoms with E-state index in [9.17, 15) is 5.26 Å². The van der Waals surface area contributed by atoms with Crippen LogP contribution in [0.3, 0.4) is 0 Å². The van der Waals surface area contributed by atoms with Gasteiger partial charge in [-0.15, -0.1) is 0 Å². The monoisotopic (exact) mass is 445 g/mol. The molecule has 0 bridgehead atoms. The lowest BCUT2D eigenvalue weighted by atomic mass is 9.94. The van der Waals surface area contributed by atoms with E-state index in [0.29, 0.717) is 17.1 Å². The van der Waals surface area contributed by atoms with Crippen molar-refractivity contribution in [1.29, 1.82) is 5.26 Å². The topological polar surface area (TPSA) is 57.7 Å². The fraction of sp³-hybridized carbons (Fsp3) is 0.414. The Hall–Kier alpha value is -3.19. The summed E-state index contributed by atoms with van der Waals surface area (Å²) in [5.74, 6) is 1.54. The number of ether oxygens (including phenoxy) is 1. The number of hydrogen-bond donors (Lipinski definition) is 0. The van der Waals surface area contributed by atoms with Gasteiger partial charge >= 0.3 is 0 Å². The first kappa shape index (κ1) is 27.8. The molecular formula is C29H39N3O. The standard InChI is InChI=1S/C29H39N3O/c1-10-13-25(12-3)19-31-29(21(6)11-2)27-15-14-26(18-30)17-28(27)33-23(8)16-22(7)32-24(9)20(4)5/h12,14-17,19,21H,3,10-11,13H2,1-2,4-9H3/b23-16+,25-19+,31-29+,32-22-. The number of allylic oxidation sites excluding steroid dienone is 6. The van der Waals surface area contributed by atoms with Gasteiger partial charge in [0.05, 0.1) is 17.3 Å². The largest absolute Gasteiger partial charge is 0.461 e. The molecule has 0 saturated heterocycles. The summed E-state index contributed by atoms with van der Waals surface area (Å²) in [5, 5.41) is 9.45. The lowest BCUT2D eigenvalue weighted by molar-refractivity contribution is 0.427. The molecule has 4 heteroatoms. The van der Waals surface area contributed by atoms with E-state index in [1.54, 1.807) is 6.07 Å². The van der Waals surface area contributed by atoms with Crippen molar-refractivity contribution in [2.24, 2.45) is 15.9 Å². The minimum absolute atomic E-state index is 0.220. The maximum absolute atomic E-state index is 9.45. The van der Waals surface area contributed by atoms with Crippen LogP contribution in [-0.4, -0.2) is 11.4 Å². The van der Waals surface area contributed by atoms with Crippen molar-refractivity contribution in [1.82, 2.24) is 0 Å². The molecule has 1 atom stereocenters. The van der Waals surface area contributed by atoms with E-state index in [-0.39, 0.29) is 5.92 Å². The summed E-state index contributed by atoms with van der Waals surface area (Å²) in [6, 6.07) is 7.74. The summed E-state index contributed by atoms with van der Waals surface area (Å²) in [4.78, 5) is 9.48. The zero-order chi connectivity index (χ0) is 25.0. The highest BCUT2D eigenvalue weighted by atomic mass is 16.5. The van der Waals surface area contributed by atoms with Gasteiger partial charge in [0, 0.05) is 23.2 Å². The number of nitriles is 1. The lowest BCUT2D eigenvalue weighted by Crippen LogP contribution is -2.14. The predicted octanol–water partition coefficient (Wildman–Crippen LogP) is 8.32. The fourth-order valence-electron chi connectivity index (χ4n) is 3.11. The predicted molar refractivity (Wildman–Crippen MR) is 142 cm³/mol. The first-order valence-electron chi connectivity index (χ1n) is 11.7. The molecule has 1 aromatic carbocycles. The molecule has 1 unspecified atom stereocenters. The second-order valence-electron chi connectivity index (χ2n) is 8.50. The smallest absolute Gasteiger partial charge is 0.137 e. The quantitative estimate of drug-likeness (QED) is 0.195. The molecule has 1 rings (SSSR count). The third-order valence-corrected chi connectivity index (χ3v) is 5.39. The highest BCUT2D eigenvalue weighted by molar-refractivity contribution is 6.05. The Kier molecular flexibility index (Phi) is 11.9.